The molecule has 2 aromatic heterocycles. The van der Waals surface area contributed by atoms with E-state index in [-0.39, 0.29) is 0 Å². The van der Waals surface area contributed by atoms with Crippen LogP contribution < -0.4 is 11.1 Å². The number of thiazole rings is 1. The fourth-order valence-corrected chi connectivity index (χ4v) is 2.50. The molecule has 0 aliphatic rings. The largest absolute Gasteiger partial charge is 0.399 e. The van der Waals surface area contributed by atoms with Crippen LogP contribution in [0.2, 0.25) is 0 Å². The number of fused-ring (bicyclic) bond motifs is 1. The molecule has 0 radical (unpaired) electrons. The van der Waals surface area contributed by atoms with Gasteiger partial charge in [-0.1, -0.05) is 11.3 Å². The number of hydrogen-bond donors (Lipinski definition) is 2. The van der Waals surface area contributed by atoms with Gasteiger partial charge < -0.3 is 11.1 Å². The van der Waals surface area contributed by atoms with Crippen LogP contribution in [0, 0.1) is 0 Å². The number of anilines is 2. The Bertz CT molecular complexity index is 665. The molecule has 1 aromatic carbocycles. The number of aromatic nitrogens is 3. The molecule has 6 heteroatoms. The molecular weight excluding hydrogens is 246 g/mol. The summed E-state index contributed by atoms with van der Waals surface area (Å²) in [6.45, 7) is 0.566. The zero-order valence-electron chi connectivity index (χ0n) is 9.50. The molecule has 0 saturated heterocycles. The van der Waals surface area contributed by atoms with Crippen LogP contribution in [0.25, 0.3) is 10.2 Å². The van der Waals surface area contributed by atoms with Gasteiger partial charge in [0, 0.05) is 18.1 Å². The van der Waals surface area contributed by atoms with E-state index in [0.717, 1.165) is 26.9 Å². The number of rotatable bonds is 3. The second-order valence-electron chi connectivity index (χ2n) is 3.76. The number of benzene rings is 1. The van der Waals surface area contributed by atoms with E-state index in [9.17, 15) is 0 Å². The summed E-state index contributed by atoms with van der Waals surface area (Å²) in [6.07, 6.45) is 3.45. The molecule has 0 aliphatic carbocycles. The van der Waals surface area contributed by atoms with Crippen molar-refractivity contribution in [3.63, 3.8) is 0 Å². The third-order valence-electron chi connectivity index (χ3n) is 2.43. The highest BCUT2D eigenvalue weighted by Gasteiger charge is 2.04. The first-order valence-electron chi connectivity index (χ1n) is 5.47. The Labute approximate surface area is 108 Å². The maximum Gasteiger partial charge on any atom is 0.184 e. The Balaban J connectivity index is 1.79. The minimum absolute atomic E-state index is 0.566. The Kier molecular flexibility index (Phi) is 2.77. The van der Waals surface area contributed by atoms with Gasteiger partial charge in [0.25, 0.3) is 0 Å². The van der Waals surface area contributed by atoms with Gasteiger partial charge in [-0.3, -0.25) is 0 Å². The molecule has 3 aromatic rings. The molecule has 0 atom stereocenters. The second-order valence-corrected chi connectivity index (χ2v) is 4.80. The van der Waals surface area contributed by atoms with Gasteiger partial charge in [-0.25, -0.2) is 15.0 Å². The number of nitrogens with one attached hydrogen (secondary N) is 1. The van der Waals surface area contributed by atoms with E-state index in [0.29, 0.717) is 6.54 Å². The van der Waals surface area contributed by atoms with Crippen LogP contribution >= 0.6 is 11.3 Å². The van der Waals surface area contributed by atoms with E-state index >= 15 is 0 Å². The lowest BCUT2D eigenvalue weighted by Gasteiger charge is -1.99. The van der Waals surface area contributed by atoms with Crippen molar-refractivity contribution in [3.05, 3.63) is 42.5 Å². The maximum absolute atomic E-state index is 5.74. The summed E-state index contributed by atoms with van der Waals surface area (Å²) in [6, 6.07) is 7.50. The van der Waals surface area contributed by atoms with Crippen LogP contribution in [-0.4, -0.2) is 15.0 Å². The maximum atomic E-state index is 5.74. The quantitative estimate of drug-likeness (QED) is 0.704. The highest BCUT2D eigenvalue weighted by molar-refractivity contribution is 7.22. The van der Waals surface area contributed by atoms with Gasteiger partial charge in [0.05, 0.1) is 16.8 Å². The molecule has 0 bridgehead atoms. The lowest BCUT2D eigenvalue weighted by Crippen LogP contribution is -2.02. The van der Waals surface area contributed by atoms with Crippen LogP contribution in [-0.2, 0) is 6.54 Å². The summed E-state index contributed by atoms with van der Waals surface area (Å²) < 4.78 is 1.08. The lowest BCUT2D eigenvalue weighted by molar-refractivity contribution is 0.947. The van der Waals surface area contributed by atoms with Crippen molar-refractivity contribution in [1.82, 2.24) is 15.0 Å². The third-order valence-corrected chi connectivity index (χ3v) is 3.41. The van der Waals surface area contributed by atoms with Gasteiger partial charge >= 0.3 is 0 Å². The van der Waals surface area contributed by atoms with Crippen LogP contribution in [0.15, 0.2) is 36.7 Å². The smallest absolute Gasteiger partial charge is 0.184 e. The molecular formula is C12H11N5S. The molecule has 0 spiro atoms. The summed E-state index contributed by atoms with van der Waals surface area (Å²) in [4.78, 5) is 12.8. The van der Waals surface area contributed by atoms with Gasteiger partial charge in [-0.2, -0.15) is 0 Å². The van der Waals surface area contributed by atoms with E-state index in [4.69, 9.17) is 5.73 Å². The highest BCUT2D eigenvalue weighted by atomic mass is 32.1. The number of nitrogens with zero attached hydrogens (tertiary/aromatic N) is 3. The Morgan fingerprint density at radius 2 is 2.06 bits per heavy atom. The molecule has 5 nitrogen and oxygen atoms in total. The summed E-state index contributed by atoms with van der Waals surface area (Å²) in [5.74, 6) is 0.747. The fourth-order valence-electron chi connectivity index (χ4n) is 1.59. The van der Waals surface area contributed by atoms with Crippen LogP contribution in [0.4, 0.5) is 10.8 Å². The first kappa shape index (κ1) is 10.9. The Hall–Kier alpha value is -2.21. The molecule has 2 heterocycles. The van der Waals surface area contributed by atoms with Crippen LogP contribution in [0.5, 0.6) is 0 Å². The van der Waals surface area contributed by atoms with Crippen molar-refractivity contribution in [2.75, 3.05) is 11.1 Å². The van der Waals surface area contributed by atoms with Crippen molar-refractivity contribution in [2.45, 2.75) is 6.54 Å². The minimum atomic E-state index is 0.566. The fraction of sp³-hybridized carbons (Fsp3) is 0.0833. The summed E-state index contributed by atoms with van der Waals surface area (Å²) in [5.41, 5.74) is 7.44. The average molecular weight is 257 g/mol. The minimum Gasteiger partial charge on any atom is -0.399 e. The Morgan fingerprint density at radius 1 is 1.22 bits per heavy atom. The van der Waals surface area contributed by atoms with Gasteiger partial charge in [-0.05, 0) is 24.3 Å². The molecule has 0 aliphatic heterocycles. The molecule has 0 unspecified atom stereocenters. The third kappa shape index (κ3) is 2.23. The van der Waals surface area contributed by atoms with Gasteiger partial charge in [-0.15, -0.1) is 0 Å². The van der Waals surface area contributed by atoms with Crippen molar-refractivity contribution in [2.24, 2.45) is 0 Å². The lowest BCUT2D eigenvalue weighted by atomic mass is 10.3. The average Bonchev–Trinajstić information content (AvgIpc) is 2.79. The van der Waals surface area contributed by atoms with E-state index in [2.05, 4.69) is 20.3 Å². The topological polar surface area (TPSA) is 76.7 Å². The molecule has 0 amide bonds. The first-order chi connectivity index (χ1) is 8.81. The van der Waals surface area contributed by atoms with Crippen LogP contribution in [0.3, 0.4) is 0 Å². The monoisotopic (exact) mass is 257 g/mol. The second kappa shape index (κ2) is 4.58. The predicted octanol–water partition coefficient (Wildman–Crippen LogP) is 2.28. The number of nitrogen functional groups attached to an aromatic ring is 1. The van der Waals surface area contributed by atoms with Crippen LogP contribution in [0.1, 0.15) is 5.82 Å². The van der Waals surface area contributed by atoms with Crippen molar-refractivity contribution in [1.29, 1.82) is 0 Å². The van der Waals surface area contributed by atoms with Gasteiger partial charge in [0.15, 0.2) is 5.13 Å². The van der Waals surface area contributed by atoms with Gasteiger partial charge in [0.1, 0.15) is 5.82 Å². The number of nitrogens with two attached hydrogens (primary N) is 1. The van der Waals surface area contributed by atoms with E-state index in [1.807, 2.05) is 18.2 Å². The predicted molar refractivity (Wildman–Crippen MR) is 73.4 cm³/mol. The van der Waals surface area contributed by atoms with E-state index in [1.54, 1.807) is 29.8 Å². The van der Waals surface area contributed by atoms with E-state index in [1.165, 1.54) is 0 Å². The zero-order valence-corrected chi connectivity index (χ0v) is 10.3. The summed E-state index contributed by atoms with van der Waals surface area (Å²) in [7, 11) is 0. The SMILES string of the molecule is Nc1ccc2nc(NCc3ncccn3)sc2c1. The summed E-state index contributed by atoms with van der Waals surface area (Å²) in [5, 5.41) is 4.06. The first-order valence-corrected chi connectivity index (χ1v) is 6.29. The number of hydrogen-bond acceptors (Lipinski definition) is 6. The highest BCUT2D eigenvalue weighted by Crippen LogP contribution is 2.27. The van der Waals surface area contributed by atoms with Crippen molar-refractivity contribution >= 4 is 32.4 Å². The molecule has 0 fully saturated rings. The Morgan fingerprint density at radius 3 is 2.89 bits per heavy atom. The zero-order chi connectivity index (χ0) is 12.4. The standard InChI is InChI=1S/C12H11N5S/c13-8-2-3-9-10(6-8)18-12(17-9)16-7-11-14-4-1-5-15-11/h1-6H,7,13H2,(H,16,17). The molecule has 18 heavy (non-hydrogen) atoms. The molecule has 0 saturated carbocycles. The normalized spacial score (nSPS) is 10.7. The van der Waals surface area contributed by atoms with E-state index < -0.39 is 0 Å². The molecule has 3 N–H and O–H groups in total. The summed E-state index contributed by atoms with van der Waals surface area (Å²) >= 11 is 1.57. The van der Waals surface area contributed by atoms with Crippen molar-refractivity contribution in [3.8, 4) is 0 Å². The van der Waals surface area contributed by atoms with Gasteiger partial charge in [0.2, 0.25) is 0 Å². The molecule has 90 valence electrons. The molecule has 3 rings (SSSR count). The van der Waals surface area contributed by atoms with Crippen molar-refractivity contribution < 1.29 is 0 Å².